The number of aromatic nitrogens is 4. The lowest BCUT2D eigenvalue weighted by Gasteiger charge is -2.27. The van der Waals surface area contributed by atoms with E-state index in [0.717, 1.165) is 7.11 Å². The number of ether oxygens (including phenoxy) is 3. The molecule has 7 nitrogen and oxygen atoms in total. The summed E-state index contributed by atoms with van der Waals surface area (Å²) in [6, 6.07) is -0.436. The molecule has 1 saturated carbocycles. The summed E-state index contributed by atoms with van der Waals surface area (Å²) in [4.78, 5) is 12.3. The van der Waals surface area contributed by atoms with Gasteiger partial charge in [-0.1, -0.05) is 11.6 Å². The van der Waals surface area contributed by atoms with Gasteiger partial charge >= 0.3 is 6.11 Å². The van der Waals surface area contributed by atoms with Crippen molar-refractivity contribution in [3.63, 3.8) is 0 Å². The predicted molar refractivity (Wildman–Crippen MR) is 83.3 cm³/mol. The van der Waals surface area contributed by atoms with Crippen LogP contribution in [0, 0.1) is 5.92 Å². The lowest BCUT2D eigenvalue weighted by molar-refractivity contribution is -0.276. The molecule has 1 aliphatic carbocycles. The SMILES string of the molecule is COC(F)(F)[C@@H]1C[C@@H](n2cnc3c(Cl)ncnc32)[C@@H]2OC(C)(C)OC21. The molecule has 2 fully saturated rings. The van der Waals surface area contributed by atoms with Crippen LogP contribution in [0.15, 0.2) is 12.7 Å². The summed E-state index contributed by atoms with van der Waals surface area (Å²) in [5.74, 6) is -2.11. The normalized spacial score (nSPS) is 31.6. The van der Waals surface area contributed by atoms with Gasteiger partial charge in [0.1, 0.15) is 24.1 Å². The molecule has 2 aromatic heterocycles. The standard InChI is InChI=1S/C15H17ClF2N4O3/c1-14(2)24-10-7(15(17,18)23-3)4-8(11(10)25-14)22-6-21-9-12(16)19-5-20-13(9)22/h5-8,10-11H,4H2,1-3H3/t7-,8-,10?,11+/m1/s1. The molecular weight excluding hydrogens is 358 g/mol. The summed E-state index contributed by atoms with van der Waals surface area (Å²) in [5.41, 5.74) is 0.888. The minimum atomic E-state index is -3.33. The van der Waals surface area contributed by atoms with E-state index in [0.29, 0.717) is 11.2 Å². The summed E-state index contributed by atoms with van der Waals surface area (Å²) in [6.07, 6.45) is -1.78. The van der Waals surface area contributed by atoms with E-state index in [1.807, 2.05) is 0 Å². The summed E-state index contributed by atoms with van der Waals surface area (Å²) < 4.78 is 46.4. The molecule has 0 aromatic carbocycles. The highest BCUT2D eigenvalue weighted by Crippen LogP contribution is 2.52. The highest BCUT2D eigenvalue weighted by Gasteiger charge is 2.62. The molecule has 0 N–H and O–H groups in total. The first-order valence-corrected chi connectivity index (χ1v) is 8.23. The van der Waals surface area contributed by atoms with Crippen molar-refractivity contribution in [3.05, 3.63) is 17.8 Å². The average molecular weight is 375 g/mol. The van der Waals surface area contributed by atoms with Crippen LogP contribution in [0.25, 0.3) is 11.2 Å². The van der Waals surface area contributed by atoms with Gasteiger partial charge in [-0.2, -0.15) is 8.78 Å². The van der Waals surface area contributed by atoms with E-state index in [9.17, 15) is 8.78 Å². The fourth-order valence-electron chi connectivity index (χ4n) is 3.77. The molecule has 0 bridgehead atoms. The van der Waals surface area contributed by atoms with Crippen LogP contribution in [-0.2, 0) is 14.2 Å². The van der Waals surface area contributed by atoms with E-state index >= 15 is 0 Å². The van der Waals surface area contributed by atoms with Crippen LogP contribution in [0.4, 0.5) is 8.78 Å². The van der Waals surface area contributed by atoms with E-state index < -0.39 is 36.1 Å². The number of hydrogen-bond acceptors (Lipinski definition) is 6. The van der Waals surface area contributed by atoms with Crippen molar-refractivity contribution in [2.24, 2.45) is 5.92 Å². The first-order chi connectivity index (χ1) is 11.7. The van der Waals surface area contributed by atoms with E-state index in [2.05, 4.69) is 19.7 Å². The molecule has 0 amide bonds. The summed E-state index contributed by atoms with van der Waals surface area (Å²) >= 11 is 6.03. The molecule has 1 aliphatic heterocycles. The molecule has 3 heterocycles. The number of nitrogens with zero attached hydrogens (tertiary/aromatic N) is 4. The summed E-state index contributed by atoms with van der Waals surface area (Å²) in [6.45, 7) is 3.41. The maximum atomic E-state index is 14.3. The second-order valence-corrected chi connectivity index (χ2v) is 7.09. The van der Waals surface area contributed by atoms with E-state index in [-0.39, 0.29) is 11.6 Å². The molecule has 10 heteroatoms. The number of imidazole rings is 1. The van der Waals surface area contributed by atoms with Gasteiger partial charge in [0.25, 0.3) is 0 Å². The Morgan fingerprint density at radius 3 is 2.72 bits per heavy atom. The molecule has 4 atom stereocenters. The van der Waals surface area contributed by atoms with Crippen LogP contribution >= 0.6 is 11.6 Å². The molecule has 25 heavy (non-hydrogen) atoms. The second kappa shape index (κ2) is 5.54. The Balaban J connectivity index is 1.78. The summed E-state index contributed by atoms with van der Waals surface area (Å²) in [5, 5.41) is 0.209. The Labute approximate surface area is 147 Å². The first kappa shape index (κ1) is 17.0. The molecule has 4 rings (SSSR count). The number of rotatable bonds is 3. The van der Waals surface area contributed by atoms with Gasteiger partial charge in [0.15, 0.2) is 16.6 Å². The Morgan fingerprint density at radius 2 is 2.00 bits per heavy atom. The number of hydrogen-bond donors (Lipinski definition) is 0. The number of halogens is 3. The zero-order chi connectivity index (χ0) is 18.0. The Kier molecular flexibility index (Phi) is 3.77. The number of methoxy groups -OCH3 is 1. The van der Waals surface area contributed by atoms with Gasteiger partial charge in [0.05, 0.1) is 18.3 Å². The van der Waals surface area contributed by atoms with Crippen molar-refractivity contribution in [1.29, 1.82) is 0 Å². The third-order valence-electron chi connectivity index (χ3n) is 4.81. The lowest BCUT2D eigenvalue weighted by atomic mass is 10.0. The van der Waals surface area contributed by atoms with Crippen LogP contribution in [0.1, 0.15) is 26.3 Å². The van der Waals surface area contributed by atoms with Crippen LogP contribution in [0.3, 0.4) is 0 Å². The van der Waals surface area contributed by atoms with Gasteiger partial charge in [-0.05, 0) is 20.3 Å². The van der Waals surface area contributed by atoms with Crippen molar-refractivity contribution in [1.82, 2.24) is 19.5 Å². The predicted octanol–water partition coefficient (Wildman–Crippen LogP) is 2.80. The highest BCUT2D eigenvalue weighted by molar-refractivity contribution is 6.33. The van der Waals surface area contributed by atoms with E-state index in [4.69, 9.17) is 21.1 Å². The van der Waals surface area contributed by atoms with Crippen molar-refractivity contribution < 1.29 is 23.0 Å². The Hall–Kier alpha value is -1.42. The monoisotopic (exact) mass is 374 g/mol. The Bertz CT molecular complexity index is 815. The minimum absolute atomic E-state index is 0.0966. The van der Waals surface area contributed by atoms with Gasteiger partial charge in [-0.3, -0.25) is 0 Å². The Morgan fingerprint density at radius 1 is 1.28 bits per heavy atom. The van der Waals surface area contributed by atoms with Crippen molar-refractivity contribution in [3.8, 4) is 0 Å². The smallest absolute Gasteiger partial charge is 0.344 e. The zero-order valence-electron chi connectivity index (χ0n) is 13.8. The maximum absolute atomic E-state index is 14.3. The highest BCUT2D eigenvalue weighted by atomic mass is 35.5. The van der Waals surface area contributed by atoms with Gasteiger partial charge in [0.2, 0.25) is 0 Å². The lowest BCUT2D eigenvalue weighted by Crippen LogP contribution is -2.38. The fourth-order valence-corrected chi connectivity index (χ4v) is 3.95. The molecule has 136 valence electrons. The number of alkyl halides is 2. The van der Waals surface area contributed by atoms with Crippen molar-refractivity contribution >= 4 is 22.8 Å². The molecule has 1 saturated heterocycles. The van der Waals surface area contributed by atoms with Gasteiger partial charge in [-0.25, -0.2) is 15.0 Å². The third kappa shape index (κ3) is 2.61. The molecular formula is C15H17ClF2N4O3. The molecule has 0 spiro atoms. The molecule has 1 unspecified atom stereocenters. The van der Waals surface area contributed by atoms with E-state index in [1.165, 1.54) is 12.7 Å². The molecule has 2 aliphatic rings. The minimum Gasteiger partial charge on any atom is -0.344 e. The maximum Gasteiger partial charge on any atom is 0.360 e. The van der Waals surface area contributed by atoms with Crippen LogP contribution in [0.5, 0.6) is 0 Å². The van der Waals surface area contributed by atoms with Crippen LogP contribution in [-0.4, -0.2) is 50.7 Å². The molecule has 0 radical (unpaired) electrons. The third-order valence-corrected chi connectivity index (χ3v) is 5.09. The second-order valence-electron chi connectivity index (χ2n) is 6.73. The largest absolute Gasteiger partial charge is 0.360 e. The average Bonchev–Trinajstić information content (AvgIpc) is 3.18. The first-order valence-electron chi connectivity index (χ1n) is 7.85. The van der Waals surface area contributed by atoms with Crippen LogP contribution in [0.2, 0.25) is 5.15 Å². The van der Waals surface area contributed by atoms with Gasteiger partial charge in [0, 0.05) is 7.11 Å². The van der Waals surface area contributed by atoms with Gasteiger partial charge in [-0.15, -0.1) is 0 Å². The van der Waals surface area contributed by atoms with Crippen molar-refractivity contribution in [2.45, 2.75) is 50.4 Å². The zero-order valence-corrected chi connectivity index (χ0v) is 14.6. The fraction of sp³-hybridized carbons (Fsp3) is 0.667. The van der Waals surface area contributed by atoms with E-state index in [1.54, 1.807) is 18.4 Å². The van der Waals surface area contributed by atoms with Crippen LogP contribution < -0.4 is 0 Å². The topological polar surface area (TPSA) is 71.3 Å². The van der Waals surface area contributed by atoms with Crippen molar-refractivity contribution in [2.75, 3.05) is 7.11 Å². The van der Waals surface area contributed by atoms with Gasteiger partial charge < -0.3 is 18.8 Å². The summed E-state index contributed by atoms with van der Waals surface area (Å²) in [7, 11) is 0.989. The number of fused-ring (bicyclic) bond motifs is 2. The quantitative estimate of drug-likeness (QED) is 0.769. The molecule has 2 aromatic rings.